The Bertz CT molecular complexity index is 702. The minimum atomic E-state index is 0.724. The van der Waals surface area contributed by atoms with Crippen molar-refractivity contribution in [1.82, 2.24) is 15.0 Å². The molecule has 0 saturated heterocycles. The highest BCUT2D eigenvalue weighted by atomic mass is 32.1. The lowest BCUT2D eigenvalue weighted by Gasteiger charge is -2.16. The van der Waals surface area contributed by atoms with Gasteiger partial charge in [0.2, 0.25) is 5.95 Å². The van der Waals surface area contributed by atoms with Crippen LogP contribution >= 0.6 is 11.3 Å². The summed E-state index contributed by atoms with van der Waals surface area (Å²) in [6.45, 7) is 0.744. The van der Waals surface area contributed by atoms with Crippen molar-refractivity contribution in [2.75, 3.05) is 30.9 Å². The molecule has 0 spiro atoms. The maximum absolute atomic E-state index is 4.65. The van der Waals surface area contributed by atoms with Crippen LogP contribution in [0.3, 0.4) is 0 Å². The van der Waals surface area contributed by atoms with Crippen LogP contribution in [-0.2, 0) is 6.54 Å². The summed E-state index contributed by atoms with van der Waals surface area (Å²) in [5.74, 6) is 0.724. The molecule has 108 valence electrons. The summed E-state index contributed by atoms with van der Waals surface area (Å²) in [5.41, 5.74) is 2.12. The van der Waals surface area contributed by atoms with Gasteiger partial charge in [-0.15, -0.1) is 0 Å². The van der Waals surface area contributed by atoms with Gasteiger partial charge >= 0.3 is 0 Å². The van der Waals surface area contributed by atoms with Gasteiger partial charge in [0.1, 0.15) is 0 Å². The second-order valence-corrected chi connectivity index (χ2v) is 6.12. The lowest BCUT2D eigenvalue weighted by Crippen LogP contribution is -2.17. The number of thiazole rings is 1. The molecule has 0 saturated carbocycles. The summed E-state index contributed by atoms with van der Waals surface area (Å²) in [5, 5.41) is 1.01. The van der Waals surface area contributed by atoms with E-state index >= 15 is 0 Å². The van der Waals surface area contributed by atoms with Crippen LogP contribution in [0.25, 0.3) is 10.2 Å². The van der Waals surface area contributed by atoms with E-state index in [-0.39, 0.29) is 0 Å². The zero-order valence-electron chi connectivity index (χ0n) is 12.3. The number of hydrogen-bond acceptors (Lipinski definition) is 6. The molecular formula is C15H17N5S. The van der Waals surface area contributed by atoms with Gasteiger partial charge in [0.15, 0.2) is 5.13 Å². The SMILES string of the molecule is CN(C)c1ncc(CN(C)c2nc3ccccc3s2)cn1. The van der Waals surface area contributed by atoms with Crippen molar-refractivity contribution in [3.8, 4) is 0 Å². The molecule has 0 N–H and O–H groups in total. The Labute approximate surface area is 127 Å². The molecule has 0 atom stereocenters. The third kappa shape index (κ3) is 2.95. The quantitative estimate of drug-likeness (QED) is 0.741. The average molecular weight is 299 g/mol. The van der Waals surface area contributed by atoms with Crippen LogP contribution in [0.15, 0.2) is 36.7 Å². The molecule has 0 radical (unpaired) electrons. The minimum absolute atomic E-state index is 0.724. The average Bonchev–Trinajstić information content (AvgIpc) is 2.92. The highest BCUT2D eigenvalue weighted by molar-refractivity contribution is 7.22. The molecule has 0 aliphatic rings. The summed E-state index contributed by atoms with van der Waals surface area (Å²) in [6.07, 6.45) is 3.73. The molecule has 2 aromatic heterocycles. The van der Waals surface area contributed by atoms with Crippen LogP contribution in [0.2, 0.25) is 0 Å². The van der Waals surface area contributed by atoms with Crippen molar-refractivity contribution in [2.45, 2.75) is 6.54 Å². The first-order valence-corrected chi connectivity index (χ1v) is 7.50. The molecule has 0 aliphatic heterocycles. The van der Waals surface area contributed by atoms with E-state index in [9.17, 15) is 0 Å². The molecule has 3 rings (SSSR count). The normalized spacial score (nSPS) is 10.8. The van der Waals surface area contributed by atoms with Crippen LogP contribution in [-0.4, -0.2) is 36.1 Å². The summed E-state index contributed by atoms with van der Waals surface area (Å²) >= 11 is 1.70. The summed E-state index contributed by atoms with van der Waals surface area (Å²) in [6, 6.07) is 8.19. The molecule has 21 heavy (non-hydrogen) atoms. The largest absolute Gasteiger partial charge is 0.347 e. The third-order valence-corrected chi connectivity index (χ3v) is 4.27. The fraction of sp³-hybridized carbons (Fsp3) is 0.267. The van der Waals surface area contributed by atoms with Gasteiger partial charge in [-0.05, 0) is 12.1 Å². The minimum Gasteiger partial charge on any atom is -0.347 e. The van der Waals surface area contributed by atoms with Crippen LogP contribution in [0.1, 0.15) is 5.56 Å². The molecule has 0 aliphatic carbocycles. The van der Waals surface area contributed by atoms with Crippen LogP contribution < -0.4 is 9.80 Å². The molecule has 0 fully saturated rings. The van der Waals surface area contributed by atoms with Crippen LogP contribution in [0.4, 0.5) is 11.1 Å². The van der Waals surface area contributed by atoms with E-state index in [1.807, 2.05) is 56.6 Å². The first-order chi connectivity index (χ1) is 10.1. The number of benzene rings is 1. The number of rotatable bonds is 4. The molecule has 1 aromatic carbocycles. The Morgan fingerprint density at radius 1 is 1.05 bits per heavy atom. The van der Waals surface area contributed by atoms with E-state index in [4.69, 9.17) is 0 Å². The van der Waals surface area contributed by atoms with E-state index in [0.717, 1.165) is 28.7 Å². The Morgan fingerprint density at radius 3 is 2.43 bits per heavy atom. The zero-order valence-corrected chi connectivity index (χ0v) is 13.1. The number of hydrogen-bond donors (Lipinski definition) is 0. The van der Waals surface area contributed by atoms with Crippen molar-refractivity contribution < 1.29 is 0 Å². The van der Waals surface area contributed by atoms with Crippen LogP contribution in [0.5, 0.6) is 0 Å². The van der Waals surface area contributed by atoms with Crippen LogP contribution in [0, 0.1) is 0 Å². The highest BCUT2D eigenvalue weighted by Gasteiger charge is 2.09. The van der Waals surface area contributed by atoms with Gasteiger partial charge in [-0.3, -0.25) is 0 Å². The predicted octanol–water partition coefficient (Wildman–Crippen LogP) is 2.79. The monoisotopic (exact) mass is 299 g/mol. The zero-order chi connectivity index (χ0) is 14.8. The van der Waals surface area contributed by atoms with E-state index in [2.05, 4.69) is 25.9 Å². The number of fused-ring (bicyclic) bond motifs is 1. The van der Waals surface area contributed by atoms with Gasteiger partial charge in [0.05, 0.1) is 10.2 Å². The molecule has 0 amide bonds. The number of aromatic nitrogens is 3. The summed E-state index contributed by atoms with van der Waals surface area (Å²) < 4.78 is 1.21. The summed E-state index contributed by atoms with van der Waals surface area (Å²) in [4.78, 5) is 17.3. The lowest BCUT2D eigenvalue weighted by atomic mass is 10.3. The van der Waals surface area contributed by atoms with Crippen molar-refractivity contribution in [1.29, 1.82) is 0 Å². The first kappa shape index (κ1) is 13.8. The fourth-order valence-corrected chi connectivity index (χ4v) is 2.95. The van der Waals surface area contributed by atoms with E-state index in [1.54, 1.807) is 11.3 Å². The molecular weight excluding hydrogens is 282 g/mol. The number of nitrogens with zero attached hydrogens (tertiary/aromatic N) is 5. The third-order valence-electron chi connectivity index (χ3n) is 3.12. The predicted molar refractivity (Wildman–Crippen MR) is 88.1 cm³/mol. The topological polar surface area (TPSA) is 45.2 Å². The van der Waals surface area contributed by atoms with E-state index < -0.39 is 0 Å². The van der Waals surface area contributed by atoms with Crippen molar-refractivity contribution in [3.05, 3.63) is 42.2 Å². The lowest BCUT2D eigenvalue weighted by molar-refractivity contribution is 0.889. The molecule has 3 aromatic rings. The van der Waals surface area contributed by atoms with Gasteiger partial charge < -0.3 is 9.80 Å². The fourth-order valence-electron chi connectivity index (χ4n) is 2.03. The number of anilines is 2. The Balaban J connectivity index is 1.77. The summed E-state index contributed by atoms with van der Waals surface area (Å²) in [7, 11) is 5.90. The molecule has 5 nitrogen and oxygen atoms in total. The van der Waals surface area contributed by atoms with Gasteiger partial charge in [-0.2, -0.15) is 0 Å². The van der Waals surface area contributed by atoms with Gasteiger partial charge in [-0.1, -0.05) is 23.5 Å². The highest BCUT2D eigenvalue weighted by Crippen LogP contribution is 2.28. The molecule has 6 heteroatoms. The second kappa shape index (κ2) is 5.65. The van der Waals surface area contributed by atoms with Crippen molar-refractivity contribution >= 4 is 32.6 Å². The standard InChI is InChI=1S/C15H17N5S/c1-19(2)14-16-8-11(9-17-14)10-20(3)15-18-12-6-4-5-7-13(12)21-15/h4-9H,10H2,1-3H3. The van der Waals surface area contributed by atoms with Gasteiger partial charge in [0, 0.05) is 45.6 Å². The molecule has 0 bridgehead atoms. The molecule has 2 heterocycles. The Kier molecular flexibility index (Phi) is 3.70. The molecule has 0 unspecified atom stereocenters. The number of para-hydroxylation sites is 1. The van der Waals surface area contributed by atoms with E-state index in [1.165, 1.54) is 4.70 Å². The second-order valence-electron chi connectivity index (χ2n) is 5.11. The van der Waals surface area contributed by atoms with Gasteiger partial charge in [-0.25, -0.2) is 15.0 Å². The Morgan fingerprint density at radius 2 is 1.76 bits per heavy atom. The van der Waals surface area contributed by atoms with E-state index in [0.29, 0.717) is 0 Å². The smallest absolute Gasteiger partial charge is 0.224 e. The Hall–Kier alpha value is -2.21. The first-order valence-electron chi connectivity index (χ1n) is 6.68. The van der Waals surface area contributed by atoms with Crippen molar-refractivity contribution in [3.63, 3.8) is 0 Å². The maximum Gasteiger partial charge on any atom is 0.224 e. The van der Waals surface area contributed by atoms with Crippen molar-refractivity contribution in [2.24, 2.45) is 0 Å². The maximum atomic E-state index is 4.65. The van der Waals surface area contributed by atoms with Gasteiger partial charge in [0.25, 0.3) is 0 Å².